The molecule has 1 radical (unpaired) electrons. The van der Waals surface area contributed by atoms with E-state index in [2.05, 4.69) is 35.8 Å². The predicted octanol–water partition coefficient (Wildman–Crippen LogP) is 2.51. The summed E-state index contributed by atoms with van der Waals surface area (Å²) in [5.41, 5.74) is 4.05. The van der Waals surface area contributed by atoms with Crippen molar-refractivity contribution in [2.45, 2.75) is 13.0 Å². The van der Waals surface area contributed by atoms with Gasteiger partial charge in [-0.25, -0.2) is 9.78 Å². The molecule has 1 heterocycles. The molecule has 0 aliphatic carbocycles. The number of carbonyl (C=O) groups excluding carboxylic acids is 1. The molecule has 147 valence electrons. The molecule has 1 amide bonds. The molecule has 4 aromatic rings. The number of benzene rings is 3. The molecule has 4 rings (SSSR count). The van der Waals surface area contributed by atoms with Crippen LogP contribution in [0.4, 0.5) is 0 Å². The van der Waals surface area contributed by atoms with Crippen LogP contribution >= 0.6 is 11.3 Å². The minimum Gasteiger partial charge on any atom is -0.478 e. The number of nitrogens with one attached hydrogen (secondary N) is 1. The molecule has 0 atom stereocenters. The van der Waals surface area contributed by atoms with Crippen LogP contribution in [0.1, 0.15) is 20.9 Å². The van der Waals surface area contributed by atoms with Crippen LogP contribution in [0.5, 0.6) is 0 Å². The minimum absolute atomic E-state index is 0.147. The van der Waals surface area contributed by atoms with Crippen molar-refractivity contribution >= 4 is 51.6 Å². The van der Waals surface area contributed by atoms with E-state index in [1.165, 1.54) is 17.4 Å². The average molecular weight is 413 g/mol. The van der Waals surface area contributed by atoms with Crippen LogP contribution in [0.3, 0.4) is 0 Å². The first kappa shape index (κ1) is 19.9. The van der Waals surface area contributed by atoms with E-state index in [1.807, 2.05) is 30.3 Å². The summed E-state index contributed by atoms with van der Waals surface area (Å²) in [4.78, 5) is 27.9. The Hall–Kier alpha value is -3.45. The monoisotopic (exact) mass is 413 g/mol. The van der Waals surface area contributed by atoms with Crippen LogP contribution in [-0.4, -0.2) is 29.2 Å². The third-order valence-electron chi connectivity index (χ3n) is 4.57. The number of hydrogen-bond acceptors (Lipinski definition) is 4. The Bertz CT molecular complexity index is 1210. The third kappa shape index (κ3) is 4.93. The van der Waals surface area contributed by atoms with Crippen LogP contribution < -0.4 is 16.2 Å². The topological polar surface area (TPSA) is 79.3 Å². The Morgan fingerprint density at radius 2 is 1.80 bits per heavy atom. The molecule has 0 fully saturated rings. The molecule has 0 bridgehead atoms. The van der Waals surface area contributed by atoms with Gasteiger partial charge in [0, 0.05) is 6.54 Å². The summed E-state index contributed by atoms with van der Waals surface area (Å²) < 4.78 is 1.04. The molecule has 30 heavy (non-hydrogen) atoms. The van der Waals surface area contributed by atoms with Gasteiger partial charge in [0.15, 0.2) is 7.28 Å². The lowest BCUT2D eigenvalue weighted by molar-refractivity contribution is -0.120. The van der Waals surface area contributed by atoms with Crippen molar-refractivity contribution < 1.29 is 14.7 Å². The minimum atomic E-state index is -0.985. The van der Waals surface area contributed by atoms with Crippen LogP contribution in [0, 0.1) is 0 Å². The fourth-order valence-corrected chi connectivity index (χ4v) is 4.13. The van der Waals surface area contributed by atoms with Gasteiger partial charge in [-0.3, -0.25) is 4.79 Å². The second-order valence-electron chi connectivity index (χ2n) is 6.85. The zero-order chi connectivity index (χ0) is 20.9. The molecule has 2 N–H and O–H groups in total. The van der Waals surface area contributed by atoms with Crippen molar-refractivity contribution in [2.75, 3.05) is 0 Å². The summed E-state index contributed by atoms with van der Waals surface area (Å²) in [5.74, 6) is -1.13. The lowest BCUT2D eigenvalue weighted by Crippen LogP contribution is -2.26. The highest BCUT2D eigenvalue weighted by Gasteiger charge is 2.11. The molecule has 0 aliphatic rings. The summed E-state index contributed by atoms with van der Waals surface area (Å²) in [5, 5.41) is 12.6. The Kier molecular flexibility index (Phi) is 5.91. The smallest absolute Gasteiger partial charge is 0.335 e. The largest absolute Gasteiger partial charge is 0.478 e. The molecule has 0 spiro atoms. The maximum atomic E-state index is 12.3. The lowest BCUT2D eigenvalue weighted by Gasteiger charge is -2.05. The molecule has 7 heteroatoms. The van der Waals surface area contributed by atoms with E-state index < -0.39 is 5.97 Å². The number of rotatable bonds is 7. The van der Waals surface area contributed by atoms with Crippen molar-refractivity contribution in [1.82, 2.24) is 10.3 Å². The van der Waals surface area contributed by atoms with E-state index in [0.29, 0.717) is 0 Å². The van der Waals surface area contributed by atoms with Gasteiger partial charge in [-0.1, -0.05) is 59.5 Å². The number of fused-ring (bicyclic) bond motifs is 1. The second-order valence-corrected chi connectivity index (χ2v) is 7.96. The number of aromatic carboxylic acids is 1. The molecule has 5 nitrogen and oxygen atoms in total. The van der Waals surface area contributed by atoms with Gasteiger partial charge in [-0.15, -0.1) is 11.3 Å². The van der Waals surface area contributed by atoms with Crippen LogP contribution in [0.15, 0.2) is 72.8 Å². The van der Waals surface area contributed by atoms with Crippen LogP contribution in [-0.2, 0) is 17.8 Å². The molecule has 0 unspecified atom stereocenters. The Morgan fingerprint density at radius 3 is 2.60 bits per heavy atom. The summed E-state index contributed by atoms with van der Waals surface area (Å²) in [7, 11) is 2.11. The van der Waals surface area contributed by atoms with Crippen molar-refractivity contribution in [3.63, 3.8) is 0 Å². The van der Waals surface area contributed by atoms with Crippen molar-refractivity contribution in [1.29, 1.82) is 0 Å². The highest BCUT2D eigenvalue weighted by molar-refractivity contribution is 7.18. The maximum absolute atomic E-state index is 12.3. The zero-order valence-corrected chi connectivity index (χ0v) is 16.9. The molecule has 1 aromatic heterocycles. The van der Waals surface area contributed by atoms with Gasteiger partial charge in [-0.05, 0) is 29.8 Å². The number of hydrogen-bond donors (Lipinski definition) is 2. The van der Waals surface area contributed by atoms with E-state index in [4.69, 9.17) is 5.11 Å². The molecule has 3 aromatic carbocycles. The highest BCUT2D eigenvalue weighted by Crippen LogP contribution is 2.21. The first-order chi connectivity index (χ1) is 14.6. The summed E-state index contributed by atoms with van der Waals surface area (Å²) in [6, 6.07) is 22.7. The number of amides is 1. The zero-order valence-electron chi connectivity index (χ0n) is 16.0. The number of carboxylic acid groups (broad SMARTS) is 1. The molecule has 0 saturated heterocycles. The van der Waals surface area contributed by atoms with Gasteiger partial charge in [0.25, 0.3) is 0 Å². The Morgan fingerprint density at radius 1 is 0.967 bits per heavy atom. The number of thiazole rings is 1. The molecule has 0 saturated carbocycles. The number of aromatic nitrogens is 1. The average Bonchev–Trinajstić information content (AvgIpc) is 3.14. The van der Waals surface area contributed by atoms with Crippen LogP contribution in [0.25, 0.3) is 10.2 Å². The number of carboxylic acids is 1. The van der Waals surface area contributed by atoms with Crippen molar-refractivity contribution in [2.24, 2.45) is 0 Å². The first-order valence-electron chi connectivity index (χ1n) is 9.45. The molecule has 0 aliphatic heterocycles. The third-order valence-corrected chi connectivity index (χ3v) is 5.58. The van der Waals surface area contributed by atoms with Gasteiger partial charge < -0.3 is 10.4 Å². The number of nitrogens with zero attached hydrogens (tertiary/aromatic N) is 1. The summed E-state index contributed by atoms with van der Waals surface area (Å²) >= 11 is 1.51. The molecular weight excluding hydrogens is 395 g/mol. The van der Waals surface area contributed by atoms with Gasteiger partial charge in [0.05, 0.1) is 22.2 Å². The maximum Gasteiger partial charge on any atom is 0.335 e. The summed E-state index contributed by atoms with van der Waals surface area (Å²) in [6.07, 6.45) is 0.190. The van der Waals surface area contributed by atoms with Crippen molar-refractivity contribution in [3.05, 3.63) is 88.9 Å². The van der Waals surface area contributed by atoms with E-state index in [-0.39, 0.29) is 24.4 Å². The first-order valence-corrected chi connectivity index (χ1v) is 10.3. The lowest BCUT2D eigenvalue weighted by atomic mass is 9.64. The SMILES string of the molecule is O=C(Cc1nc2ccc([B]c3ccccc3)cc2s1)NCc1cccc(C(=O)O)c1. The second kappa shape index (κ2) is 8.92. The number of carbonyl (C=O) groups is 2. The quantitative estimate of drug-likeness (QED) is 0.457. The predicted molar refractivity (Wildman–Crippen MR) is 120 cm³/mol. The van der Waals surface area contributed by atoms with Crippen molar-refractivity contribution in [3.8, 4) is 0 Å². The standard InChI is InChI=1S/C23H18BN2O3S/c27-21(25-14-15-5-4-6-16(11-15)23(28)29)13-22-26-19-10-9-18(12-20(19)30-22)24-17-7-2-1-3-8-17/h1-12H,13-14H2,(H,25,27)(H,28,29). The fourth-order valence-electron chi connectivity index (χ4n) is 3.11. The fraction of sp³-hybridized carbons (Fsp3) is 0.0870. The van der Waals surface area contributed by atoms with E-state index in [1.54, 1.807) is 18.2 Å². The van der Waals surface area contributed by atoms with Gasteiger partial charge in [-0.2, -0.15) is 0 Å². The normalized spacial score (nSPS) is 10.7. The van der Waals surface area contributed by atoms with E-state index in [9.17, 15) is 9.59 Å². The molecular formula is C23H18BN2O3S. The van der Waals surface area contributed by atoms with Gasteiger partial charge in [0.1, 0.15) is 5.01 Å². The summed E-state index contributed by atoms with van der Waals surface area (Å²) in [6.45, 7) is 0.279. The van der Waals surface area contributed by atoms with E-state index >= 15 is 0 Å². The van der Waals surface area contributed by atoms with Crippen LogP contribution in [0.2, 0.25) is 0 Å². The Balaban J connectivity index is 1.39. The Labute approximate surface area is 178 Å². The van der Waals surface area contributed by atoms with Gasteiger partial charge >= 0.3 is 5.97 Å². The van der Waals surface area contributed by atoms with Gasteiger partial charge in [0.2, 0.25) is 5.91 Å². The highest BCUT2D eigenvalue weighted by atomic mass is 32.1. The van der Waals surface area contributed by atoms with E-state index in [0.717, 1.165) is 31.7 Å².